The molecule has 20 heavy (non-hydrogen) atoms. The van der Waals surface area contributed by atoms with Gasteiger partial charge in [-0.15, -0.1) is 0 Å². The third-order valence-corrected chi connectivity index (χ3v) is 7.14. The molecule has 2 atom stereocenters. The molecule has 5 aliphatic carbocycles. The van der Waals surface area contributed by atoms with E-state index in [1.807, 2.05) is 0 Å². The van der Waals surface area contributed by atoms with E-state index in [2.05, 4.69) is 6.92 Å². The van der Waals surface area contributed by atoms with Gasteiger partial charge in [0, 0.05) is 11.8 Å². The summed E-state index contributed by atoms with van der Waals surface area (Å²) in [7, 11) is 0. The van der Waals surface area contributed by atoms with E-state index in [9.17, 15) is 4.79 Å². The van der Waals surface area contributed by atoms with Crippen molar-refractivity contribution in [3.05, 3.63) is 0 Å². The summed E-state index contributed by atoms with van der Waals surface area (Å²) >= 11 is 0. The van der Waals surface area contributed by atoms with Gasteiger partial charge in [-0.25, -0.2) is 0 Å². The third kappa shape index (κ3) is 2.16. The number of carbonyl (C=O) groups is 1. The van der Waals surface area contributed by atoms with Gasteiger partial charge in [0.25, 0.3) is 0 Å². The van der Waals surface area contributed by atoms with Crippen LogP contribution in [-0.4, -0.2) is 5.78 Å². The van der Waals surface area contributed by atoms with E-state index in [1.54, 1.807) is 0 Å². The largest absolute Gasteiger partial charge is 0.299 e. The van der Waals surface area contributed by atoms with Crippen LogP contribution in [-0.2, 0) is 4.79 Å². The van der Waals surface area contributed by atoms with Gasteiger partial charge in [-0.1, -0.05) is 39.0 Å². The molecule has 5 fully saturated rings. The number of rotatable bonds is 3. The fourth-order valence-corrected chi connectivity index (χ4v) is 6.92. The molecule has 0 aromatic heterocycles. The molecule has 4 bridgehead atoms. The number of carbonyl (C=O) groups excluding carboxylic acids is 1. The lowest BCUT2D eigenvalue weighted by atomic mass is 9.43. The molecule has 0 amide bonds. The smallest absolute Gasteiger partial charge is 0.139 e. The molecule has 2 unspecified atom stereocenters. The van der Waals surface area contributed by atoms with Gasteiger partial charge in [0.2, 0.25) is 0 Å². The molecule has 112 valence electrons. The van der Waals surface area contributed by atoms with Gasteiger partial charge in [0.1, 0.15) is 5.78 Å². The average Bonchev–Trinajstić information content (AvgIpc) is 2.37. The number of hydrogen-bond acceptors (Lipinski definition) is 1. The Hall–Kier alpha value is -0.330. The predicted octanol–water partition coefficient (Wildman–Crippen LogP) is 5.13. The maximum atomic E-state index is 13.1. The van der Waals surface area contributed by atoms with E-state index in [0.29, 0.717) is 11.2 Å². The first kappa shape index (κ1) is 13.3. The van der Waals surface area contributed by atoms with Crippen LogP contribution in [0.15, 0.2) is 0 Å². The molecular formula is C19H30O. The van der Waals surface area contributed by atoms with Gasteiger partial charge in [-0.05, 0) is 61.7 Å². The van der Waals surface area contributed by atoms with Crippen molar-refractivity contribution in [1.29, 1.82) is 0 Å². The van der Waals surface area contributed by atoms with Crippen LogP contribution in [0.4, 0.5) is 0 Å². The van der Waals surface area contributed by atoms with Gasteiger partial charge in [0.05, 0.1) is 0 Å². The van der Waals surface area contributed by atoms with Crippen molar-refractivity contribution in [2.24, 2.45) is 28.6 Å². The second kappa shape index (κ2) is 4.58. The summed E-state index contributed by atoms with van der Waals surface area (Å²) in [5.41, 5.74) is 0.655. The molecule has 0 N–H and O–H groups in total. The second-order valence-electron chi connectivity index (χ2n) is 9.18. The van der Waals surface area contributed by atoms with Crippen LogP contribution in [0, 0.1) is 28.6 Å². The lowest BCUT2D eigenvalue weighted by Crippen LogP contribution is -2.54. The summed E-state index contributed by atoms with van der Waals surface area (Å²) in [5, 5.41) is 0. The summed E-state index contributed by atoms with van der Waals surface area (Å²) in [6.07, 6.45) is 15.7. The van der Waals surface area contributed by atoms with Crippen LogP contribution in [0.25, 0.3) is 0 Å². The van der Waals surface area contributed by atoms with Gasteiger partial charge >= 0.3 is 0 Å². The molecule has 0 aromatic rings. The van der Waals surface area contributed by atoms with Gasteiger partial charge < -0.3 is 0 Å². The fraction of sp³-hybridized carbons (Fsp3) is 0.947. The first-order valence-corrected chi connectivity index (χ1v) is 9.10. The number of hydrogen-bond donors (Lipinski definition) is 0. The lowest BCUT2D eigenvalue weighted by Gasteiger charge is -2.60. The van der Waals surface area contributed by atoms with Crippen molar-refractivity contribution in [2.45, 2.75) is 84.0 Å². The standard InChI is InChI=1S/C19H30O/c1-18-9-15-7-16(10-18)12-19(11-15,13-18)17(20)8-14-5-3-2-4-6-14/h14-16H,2-13H2,1H3. The highest BCUT2D eigenvalue weighted by atomic mass is 16.1. The monoisotopic (exact) mass is 274 g/mol. The van der Waals surface area contributed by atoms with Gasteiger partial charge in [0.15, 0.2) is 0 Å². The normalized spacial score (nSPS) is 47.6. The molecule has 1 heteroatoms. The van der Waals surface area contributed by atoms with Gasteiger partial charge in [-0.2, -0.15) is 0 Å². The van der Waals surface area contributed by atoms with E-state index in [0.717, 1.165) is 24.2 Å². The van der Waals surface area contributed by atoms with Crippen molar-refractivity contribution < 1.29 is 4.79 Å². The van der Waals surface area contributed by atoms with Crippen LogP contribution >= 0.6 is 0 Å². The van der Waals surface area contributed by atoms with E-state index in [-0.39, 0.29) is 5.41 Å². The molecule has 0 radical (unpaired) electrons. The second-order valence-corrected chi connectivity index (χ2v) is 9.18. The predicted molar refractivity (Wildman–Crippen MR) is 81.4 cm³/mol. The van der Waals surface area contributed by atoms with E-state index in [1.165, 1.54) is 70.6 Å². The van der Waals surface area contributed by atoms with Crippen molar-refractivity contribution in [3.63, 3.8) is 0 Å². The minimum absolute atomic E-state index is 0.135. The Balaban J connectivity index is 1.50. The molecule has 0 aromatic carbocycles. The maximum Gasteiger partial charge on any atom is 0.139 e. The Morgan fingerprint density at radius 3 is 2.25 bits per heavy atom. The maximum absolute atomic E-state index is 13.1. The highest BCUT2D eigenvalue weighted by Crippen LogP contribution is 2.65. The zero-order chi connectivity index (χ0) is 13.8. The van der Waals surface area contributed by atoms with E-state index in [4.69, 9.17) is 0 Å². The van der Waals surface area contributed by atoms with Crippen LogP contribution in [0.1, 0.15) is 84.0 Å². The summed E-state index contributed by atoms with van der Waals surface area (Å²) < 4.78 is 0. The molecule has 0 spiro atoms. The zero-order valence-electron chi connectivity index (χ0n) is 13.1. The molecule has 0 saturated heterocycles. The van der Waals surface area contributed by atoms with Crippen molar-refractivity contribution in [3.8, 4) is 0 Å². The molecule has 0 heterocycles. The van der Waals surface area contributed by atoms with Crippen LogP contribution < -0.4 is 0 Å². The van der Waals surface area contributed by atoms with Crippen LogP contribution in [0.5, 0.6) is 0 Å². The average molecular weight is 274 g/mol. The van der Waals surface area contributed by atoms with E-state index >= 15 is 0 Å². The molecule has 5 rings (SSSR count). The topological polar surface area (TPSA) is 17.1 Å². The summed E-state index contributed by atoms with van der Waals surface area (Å²) in [4.78, 5) is 13.1. The molecule has 0 aliphatic heterocycles. The molecule has 5 saturated carbocycles. The van der Waals surface area contributed by atoms with Crippen LogP contribution in [0.3, 0.4) is 0 Å². The first-order valence-electron chi connectivity index (χ1n) is 9.10. The summed E-state index contributed by atoms with van der Waals surface area (Å²) in [6.45, 7) is 2.48. The SMILES string of the molecule is CC12CC3CC(C1)CC(C(=O)CC1CCCCC1)(C3)C2. The molecular weight excluding hydrogens is 244 g/mol. The van der Waals surface area contributed by atoms with Crippen molar-refractivity contribution >= 4 is 5.78 Å². The first-order chi connectivity index (χ1) is 9.57. The Labute approximate surface area is 123 Å². The summed E-state index contributed by atoms with van der Waals surface area (Å²) in [5.74, 6) is 3.19. The molecule has 5 aliphatic rings. The number of ketones is 1. The minimum atomic E-state index is 0.135. The highest BCUT2D eigenvalue weighted by molar-refractivity contribution is 5.85. The number of Topliss-reactive ketones (excluding diaryl/α,β-unsaturated/α-hetero) is 1. The highest BCUT2D eigenvalue weighted by Gasteiger charge is 2.58. The van der Waals surface area contributed by atoms with Crippen molar-refractivity contribution in [1.82, 2.24) is 0 Å². The quantitative estimate of drug-likeness (QED) is 0.697. The Bertz CT molecular complexity index is 390. The summed E-state index contributed by atoms with van der Waals surface area (Å²) in [6, 6.07) is 0. The van der Waals surface area contributed by atoms with E-state index < -0.39 is 0 Å². The van der Waals surface area contributed by atoms with Crippen LogP contribution in [0.2, 0.25) is 0 Å². The molecule has 1 nitrogen and oxygen atoms in total. The Kier molecular flexibility index (Phi) is 3.06. The van der Waals surface area contributed by atoms with Gasteiger partial charge in [-0.3, -0.25) is 4.79 Å². The Morgan fingerprint density at radius 1 is 1.00 bits per heavy atom. The Morgan fingerprint density at radius 2 is 1.65 bits per heavy atom. The zero-order valence-corrected chi connectivity index (χ0v) is 13.1. The third-order valence-electron chi connectivity index (χ3n) is 7.14. The fourth-order valence-electron chi connectivity index (χ4n) is 6.92. The van der Waals surface area contributed by atoms with Crippen molar-refractivity contribution in [2.75, 3.05) is 0 Å². The lowest BCUT2D eigenvalue weighted by molar-refractivity contribution is -0.154. The minimum Gasteiger partial charge on any atom is -0.299 e.